The third kappa shape index (κ3) is 1.78. The normalized spacial score (nSPS) is 22.1. The molecule has 0 aromatic heterocycles. The lowest BCUT2D eigenvalue weighted by Gasteiger charge is -2.36. The summed E-state index contributed by atoms with van der Waals surface area (Å²) in [4.78, 5) is 0. The van der Waals surface area contributed by atoms with Crippen LogP contribution in [-0.2, 0) is 10.3 Å². The van der Waals surface area contributed by atoms with Crippen LogP contribution in [0.15, 0.2) is 48.5 Å². The van der Waals surface area contributed by atoms with Gasteiger partial charge in [-0.2, -0.15) is 0 Å². The fraction of sp³-hybridized carbons (Fsp3) is 0.133. The second-order valence-electron chi connectivity index (χ2n) is 4.47. The molecular weight excluding hydrogens is 246 g/mol. The zero-order valence-electron chi connectivity index (χ0n) is 9.98. The molecule has 1 radical (unpaired) electrons. The van der Waals surface area contributed by atoms with Crippen LogP contribution in [0.25, 0.3) is 0 Å². The Balaban J connectivity index is 2.18. The van der Waals surface area contributed by atoms with Gasteiger partial charge in [-0.3, -0.25) is 0 Å². The minimum atomic E-state index is -0.507. The molecule has 0 saturated carbocycles. The molecule has 3 rings (SSSR count). The van der Waals surface area contributed by atoms with Gasteiger partial charge in [0.05, 0.1) is 0 Å². The number of anilines is 1. The Morgan fingerprint density at radius 2 is 1.89 bits per heavy atom. The number of benzene rings is 2. The maximum Gasteiger partial charge on any atom is 0.174 e. The van der Waals surface area contributed by atoms with Crippen molar-refractivity contribution < 1.29 is 4.74 Å². The molecule has 1 N–H and O–H groups in total. The Morgan fingerprint density at radius 3 is 2.67 bits per heavy atom. The summed E-state index contributed by atoms with van der Waals surface area (Å²) < 4.78 is 5.84. The molecule has 18 heavy (non-hydrogen) atoms. The zero-order chi connectivity index (χ0) is 12.6. The van der Waals surface area contributed by atoms with Gasteiger partial charge in [0.15, 0.2) is 6.73 Å². The summed E-state index contributed by atoms with van der Waals surface area (Å²) in [6.07, 6.45) is 0. The molecule has 0 bridgehead atoms. The van der Waals surface area contributed by atoms with E-state index in [1.807, 2.05) is 36.4 Å². The second kappa shape index (κ2) is 4.30. The third-order valence-electron chi connectivity index (χ3n) is 3.33. The van der Waals surface area contributed by atoms with Crippen molar-refractivity contribution in [2.24, 2.45) is 0 Å². The highest BCUT2D eigenvalue weighted by atomic mass is 35.5. The Bertz CT molecular complexity index is 570. The monoisotopic (exact) mass is 258 g/mol. The van der Waals surface area contributed by atoms with Crippen molar-refractivity contribution in [2.75, 3.05) is 5.32 Å². The maximum atomic E-state index is 6.10. The Morgan fingerprint density at radius 1 is 1.11 bits per heavy atom. The topological polar surface area (TPSA) is 21.3 Å². The summed E-state index contributed by atoms with van der Waals surface area (Å²) >= 11 is 6.10. The zero-order valence-corrected chi connectivity index (χ0v) is 10.7. The van der Waals surface area contributed by atoms with Crippen LogP contribution in [0.1, 0.15) is 18.1 Å². The summed E-state index contributed by atoms with van der Waals surface area (Å²) in [5.41, 5.74) is 2.67. The molecular formula is C15H13ClNO. The van der Waals surface area contributed by atoms with E-state index >= 15 is 0 Å². The van der Waals surface area contributed by atoms with Gasteiger partial charge in [-0.05, 0) is 30.7 Å². The first-order chi connectivity index (χ1) is 8.70. The highest BCUT2D eigenvalue weighted by molar-refractivity contribution is 6.30. The Hall–Kier alpha value is -1.51. The van der Waals surface area contributed by atoms with E-state index in [-0.39, 0.29) is 0 Å². The molecule has 0 fully saturated rings. The molecule has 91 valence electrons. The minimum Gasteiger partial charge on any atom is -0.356 e. The first-order valence-electron chi connectivity index (χ1n) is 5.82. The fourth-order valence-corrected chi connectivity index (χ4v) is 2.46. The largest absolute Gasteiger partial charge is 0.356 e. The molecule has 0 amide bonds. The summed E-state index contributed by atoms with van der Waals surface area (Å²) in [7, 11) is 0. The highest BCUT2D eigenvalue weighted by Gasteiger charge is 2.35. The predicted octanol–water partition coefficient (Wildman–Crippen LogP) is 4.16. The van der Waals surface area contributed by atoms with Crippen LogP contribution in [0, 0.1) is 6.73 Å². The average molecular weight is 259 g/mol. The van der Waals surface area contributed by atoms with Crippen LogP contribution < -0.4 is 5.32 Å². The quantitative estimate of drug-likeness (QED) is 0.829. The van der Waals surface area contributed by atoms with Crippen molar-refractivity contribution in [3.63, 3.8) is 0 Å². The van der Waals surface area contributed by atoms with Gasteiger partial charge >= 0.3 is 0 Å². The van der Waals surface area contributed by atoms with E-state index in [1.54, 1.807) is 6.73 Å². The number of nitrogens with one attached hydrogen (secondary N) is 1. The Kier molecular flexibility index (Phi) is 2.77. The van der Waals surface area contributed by atoms with E-state index in [2.05, 4.69) is 24.4 Å². The lowest BCUT2D eigenvalue weighted by atomic mass is 9.86. The van der Waals surface area contributed by atoms with Gasteiger partial charge in [0.25, 0.3) is 0 Å². The summed E-state index contributed by atoms with van der Waals surface area (Å²) in [5.74, 6) is 0. The van der Waals surface area contributed by atoms with Crippen molar-refractivity contribution in [3.8, 4) is 0 Å². The maximum absolute atomic E-state index is 6.10. The van der Waals surface area contributed by atoms with Gasteiger partial charge in [-0.25, -0.2) is 0 Å². The van der Waals surface area contributed by atoms with Crippen molar-refractivity contribution in [1.29, 1.82) is 0 Å². The van der Waals surface area contributed by atoms with Gasteiger partial charge in [-0.1, -0.05) is 41.9 Å². The molecule has 1 heterocycles. The van der Waals surface area contributed by atoms with E-state index in [0.717, 1.165) is 16.8 Å². The average Bonchev–Trinajstić information content (AvgIpc) is 2.41. The van der Waals surface area contributed by atoms with E-state index in [0.29, 0.717) is 5.02 Å². The first kappa shape index (κ1) is 11.6. The number of ether oxygens (including phenoxy) is 1. The molecule has 3 heteroatoms. The molecule has 1 atom stereocenters. The van der Waals surface area contributed by atoms with Crippen LogP contribution in [0.5, 0.6) is 0 Å². The van der Waals surface area contributed by atoms with Crippen molar-refractivity contribution in [3.05, 3.63) is 71.4 Å². The van der Waals surface area contributed by atoms with Crippen LogP contribution in [-0.4, -0.2) is 0 Å². The van der Waals surface area contributed by atoms with Crippen molar-refractivity contribution in [1.82, 2.24) is 0 Å². The third-order valence-corrected chi connectivity index (χ3v) is 3.56. The molecule has 2 nitrogen and oxygen atoms in total. The van der Waals surface area contributed by atoms with Crippen LogP contribution in [0.4, 0.5) is 5.69 Å². The molecule has 0 aliphatic carbocycles. The van der Waals surface area contributed by atoms with Gasteiger partial charge < -0.3 is 10.1 Å². The molecule has 1 aliphatic rings. The molecule has 0 spiro atoms. The van der Waals surface area contributed by atoms with Crippen LogP contribution in [0.3, 0.4) is 0 Å². The van der Waals surface area contributed by atoms with Gasteiger partial charge in [0.1, 0.15) is 5.60 Å². The SMILES string of the molecule is CC1(c2ccccc2)O[CH]Nc2ccc(Cl)cc21. The van der Waals surface area contributed by atoms with E-state index in [9.17, 15) is 0 Å². The van der Waals surface area contributed by atoms with Crippen molar-refractivity contribution in [2.45, 2.75) is 12.5 Å². The predicted molar refractivity (Wildman–Crippen MR) is 73.4 cm³/mol. The molecule has 2 aromatic rings. The van der Waals surface area contributed by atoms with Crippen molar-refractivity contribution >= 4 is 17.3 Å². The lowest BCUT2D eigenvalue weighted by Crippen LogP contribution is -2.32. The van der Waals surface area contributed by atoms with E-state index in [4.69, 9.17) is 16.3 Å². The summed E-state index contributed by atoms with van der Waals surface area (Å²) in [6, 6.07) is 15.9. The fourth-order valence-electron chi connectivity index (χ4n) is 2.29. The molecule has 0 saturated heterocycles. The van der Waals surface area contributed by atoms with Gasteiger partial charge in [-0.15, -0.1) is 0 Å². The number of hydrogen-bond donors (Lipinski definition) is 1. The highest BCUT2D eigenvalue weighted by Crippen LogP contribution is 2.42. The van der Waals surface area contributed by atoms with Gasteiger partial charge in [0.2, 0.25) is 0 Å². The standard InChI is InChI=1S/C15H13ClNO/c1-15(11-5-3-2-4-6-11)13-9-12(16)7-8-14(13)17-10-18-15/h2-10,17H,1H3. The molecule has 2 aromatic carbocycles. The number of hydrogen-bond acceptors (Lipinski definition) is 2. The van der Waals surface area contributed by atoms with Crippen LogP contribution in [0.2, 0.25) is 5.02 Å². The number of rotatable bonds is 1. The Labute approximate surface area is 112 Å². The minimum absolute atomic E-state index is 0.507. The smallest absolute Gasteiger partial charge is 0.174 e. The van der Waals surface area contributed by atoms with E-state index < -0.39 is 5.60 Å². The molecule has 1 unspecified atom stereocenters. The van der Waals surface area contributed by atoms with Gasteiger partial charge in [0, 0.05) is 16.3 Å². The first-order valence-corrected chi connectivity index (χ1v) is 6.19. The summed E-state index contributed by atoms with van der Waals surface area (Å²) in [5, 5.41) is 3.82. The summed E-state index contributed by atoms with van der Waals surface area (Å²) in [6.45, 7) is 3.68. The van der Waals surface area contributed by atoms with E-state index in [1.165, 1.54) is 0 Å². The number of halogens is 1. The van der Waals surface area contributed by atoms with Crippen LogP contribution >= 0.6 is 11.6 Å². The lowest BCUT2D eigenvalue weighted by molar-refractivity contribution is 0.0413. The number of fused-ring (bicyclic) bond motifs is 1. The molecule has 1 aliphatic heterocycles. The second-order valence-corrected chi connectivity index (χ2v) is 4.91.